The summed E-state index contributed by atoms with van der Waals surface area (Å²) >= 11 is 0. The minimum absolute atomic E-state index is 0.0249. The second-order valence-corrected chi connectivity index (χ2v) is 17.2. The lowest BCUT2D eigenvalue weighted by molar-refractivity contribution is -0.220. The van der Waals surface area contributed by atoms with Gasteiger partial charge in [-0.1, -0.05) is 154 Å². The van der Waals surface area contributed by atoms with Crippen molar-refractivity contribution in [3.8, 4) is 0 Å². The van der Waals surface area contributed by atoms with E-state index in [0.29, 0.717) is 19.3 Å². The minimum atomic E-state index is -5.16. The first-order valence-corrected chi connectivity index (χ1v) is 25.5. The summed E-state index contributed by atoms with van der Waals surface area (Å²) < 4.78 is 33.5. The molecule has 0 bridgehead atoms. The molecule has 67 heavy (non-hydrogen) atoms. The third-order valence-corrected chi connectivity index (χ3v) is 11.0. The van der Waals surface area contributed by atoms with Crippen LogP contribution in [0.2, 0.25) is 0 Å². The molecule has 0 aromatic carbocycles. The summed E-state index contributed by atoms with van der Waals surface area (Å²) in [6.07, 6.45) is 46.5. The molecular weight excluding hydrogens is 876 g/mol. The molecule has 0 radical (unpaired) electrons. The number of hydrogen-bond donors (Lipinski definition) is 6. The molecule has 0 aromatic rings. The summed E-state index contributed by atoms with van der Waals surface area (Å²) in [4.78, 5) is 35.7. The summed E-state index contributed by atoms with van der Waals surface area (Å²) in [5, 5.41) is 50.2. The van der Waals surface area contributed by atoms with Gasteiger partial charge in [-0.05, 0) is 96.3 Å². The molecule has 0 heterocycles. The number of phosphoric ester groups is 1. The predicted molar refractivity (Wildman–Crippen MR) is 267 cm³/mol. The van der Waals surface area contributed by atoms with E-state index in [0.717, 1.165) is 83.5 Å². The number of carbonyl (C=O) groups excluding carboxylic acids is 2. The van der Waals surface area contributed by atoms with E-state index in [9.17, 15) is 44.6 Å². The van der Waals surface area contributed by atoms with Gasteiger partial charge >= 0.3 is 19.8 Å². The smallest absolute Gasteiger partial charge is 0.462 e. The van der Waals surface area contributed by atoms with Gasteiger partial charge in [-0.25, -0.2) is 4.57 Å². The molecule has 13 nitrogen and oxygen atoms in total. The Morgan fingerprint density at radius 3 is 1.25 bits per heavy atom. The number of rotatable bonds is 37. The van der Waals surface area contributed by atoms with Crippen LogP contribution >= 0.6 is 7.82 Å². The number of hydrogen-bond acceptors (Lipinski definition) is 12. The van der Waals surface area contributed by atoms with Crippen LogP contribution in [0.25, 0.3) is 0 Å². The maximum atomic E-state index is 12.8. The molecule has 8 atom stereocenters. The number of carbonyl (C=O) groups is 2. The average Bonchev–Trinajstić information content (AvgIpc) is 3.31. The summed E-state index contributed by atoms with van der Waals surface area (Å²) in [7, 11) is -5.16. The molecule has 1 saturated carbocycles. The van der Waals surface area contributed by atoms with Gasteiger partial charge in [0.1, 0.15) is 43.2 Å². The van der Waals surface area contributed by atoms with Crippen molar-refractivity contribution in [2.75, 3.05) is 13.2 Å². The standard InChI is InChI=1S/C53H81O13P/c1-3-5-7-9-11-13-15-17-19-21-23-25-27-29-31-33-35-37-39-41-46(54)63-43-45(44-64-67(61,62)66-53-51(59)49(57)48(56)50(58)52(53)60)65-47(55)42-40-38-36-34-32-30-28-26-24-22-20-18-16-14-12-10-8-6-4-2/h5-8,11-14,17-20,23-26,29-32,35,37,45,48-53,56-60H,3-4,9-10,15-16,21-22,27-28,33-34,36,38-44H2,1-2H3,(H,61,62)/b7-5+,8-6+,13-11+,14-12+,19-17+,20-18+,25-23+,26-24+,31-29+,32-30+,37-35+/t45-,48?,49-,50?,51?,52?,53?/m0/s1. The number of aliphatic hydroxyl groups is 5. The van der Waals surface area contributed by atoms with E-state index in [2.05, 4.69) is 129 Å². The first kappa shape index (κ1) is 61.0. The number of esters is 2. The van der Waals surface area contributed by atoms with Crippen molar-refractivity contribution in [3.63, 3.8) is 0 Å². The molecule has 6 N–H and O–H groups in total. The van der Waals surface area contributed by atoms with Crippen molar-refractivity contribution >= 4 is 19.8 Å². The van der Waals surface area contributed by atoms with Crippen molar-refractivity contribution < 1.29 is 63.1 Å². The second kappa shape index (κ2) is 41.0. The molecule has 0 aromatic heterocycles. The van der Waals surface area contributed by atoms with Gasteiger partial charge in [-0.15, -0.1) is 0 Å². The van der Waals surface area contributed by atoms with Gasteiger partial charge in [-0.3, -0.25) is 18.6 Å². The third-order valence-electron chi connectivity index (χ3n) is 10.0. The van der Waals surface area contributed by atoms with Crippen LogP contribution in [0.15, 0.2) is 134 Å². The van der Waals surface area contributed by atoms with Crippen LogP contribution in [0.1, 0.15) is 129 Å². The quantitative estimate of drug-likeness (QED) is 0.0148. The van der Waals surface area contributed by atoms with Crippen molar-refractivity contribution in [3.05, 3.63) is 134 Å². The van der Waals surface area contributed by atoms with Gasteiger partial charge in [0.15, 0.2) is 6.10 Å². The normalized spacial score (nSPS) is 22.3. The van der Waals surface area contributed by atoms with Crippen LogP contribution in [0.5, 0.6) is 0 Å². The van der Waals surface area contributed by atoms with Gasteiger partial charge < -0.3 is 39.9 Å². The molecule has 6 unspecified atom stereocenters. The molecule has 0 saturated heterocycles. The Bertz CT molecular complexity index is 1670. The minimum Gasteiger partial charge on any atom is -0.462 e. The average molecular weight is 957 g/mol. The van der Waals surface area contributed by atoms with Gasteiger partial charge in [-0.2, -0.15) is 0 Å². The molecule has 14 heteroatoms. The molecule has 0 spiro atoms. The van der Waals surface area contributed by atoms with Crippen LogP contribution in [-0.2, 0) is 32.7 Å². The number of aliphatic hydroxyl groups excluding tert-OH is 5. The third kappa shape index (κ3) is 33.2. The predicted octanol–water partition coefficient (Wildman–Crippen LogP) is 9.94. The maximum absolute atomic E-state index is 12.8. The topological polar surface area (TPSA) is 210 Å². The van der Waals surface area contributed by atoms with Crippen molar-refractivity contribution in [2.24, 2.45) is 0 Å². The van der Waals surface area contributed by atoms with Crippen molar-refractivity contribution in [1.29, 1.82) is 0 Å². The number of phosphoric acid groups is 1. The highest BCUT2D eigenvalue weighted by Gasteiger charge is 2.51. The zero-order valence-corrected chi connectivity index (χ0v) is 40.8. The van der Waals surface area contributed by atoms with Crippen LogP contribution in [-0.4, -0.2) is 98.3 Å². The zero-order valence-electron chi connectivity index (χ0n) is 39.9. The summed E-state index contributed by atoms with van der Waals surface area (Å²) in [5.41, 5.74) is 0. The number of unbranched alkanes of at least 4 members (excludes halogenated alkanes) is 3. The van der Waals surface area contributed by atoms with Crippen LogP contribution in [0.3, 0.4) is 0 Å². The molecule has 1 fully saturated rings. The maximum Gasteiger partial charge on any atom is 0.472 e. The Labute approximate surface area is 400 Å². The van der Waals surface area contributed by atoms with E-state index >= 15 is 0 Å². The lowest BCUT2D eigenvalue weighted by atomic mass is 9.85. The molecular formula is C53H81O13P. The second-order valence-electron chi connectivity index (χ2n) is 15.8. The Morgan fingerprint density at radius 2 is 0.836 bits per heavy atom. The zero-order chi connectivity index (χ0) is 49.2. The fraction of sp³-hybridized carbons (Fsp3) is 0.547. The molecule has 1 rings (SSSR count). The first-order chi connectivity index (χ1) is 32.4. The van der Waals surface area contributed by atoms with Gasteiger partial charge in [0.2, 0.25) is 0 Å². The number of allylic oxidation sites excluding steroid dienone is 22. The molecule has 376 valence electrons. The van der Waals surface area contributed by atoms with Gasteiger partial charge in [0, 0.05) is 12.8 Å². The summed E-state index contributed by atoms with van der Waals surface area (Å²) in [6.45, 7) is 2.96. The Morgan fingerprint density at radius 1 is 0.463 bits per heavy atom. The van der Waals surface area contributed by atoms with E-state index in [4.69, 9.17) is 18.5 Å². The van der Waals surface area contributed by atoms with E-state index in [1.54, 1.807) is 0 Å². The highest BCUT2D eigenvalue weighted by molar-refractivity contribution is 7.47. The lowest BCUT2D eigenvalue weighted by Gasteiger charge is -2.41. The SMILES string of the molecule is CC/C=C/C/C=C/C/C=C/C/C=C/C/C=C/C/C=C/CCC(=O)OC[C@@H](COP(=O)(O)OC1C(O)C(O)C(O)[C@H](O)C1O)OC(=O)CCCCC/C=C/C/C=C/C/C=C/C/C=C/C/C=C/CC. The first-order valence-electron chi connectivity index (χ1n) is 24.0. The monoisotopic (exact) mass is 957 g/mol. The largest absolute Gasteiger partial charge is 0.472 e. The fourth-order valence-corrected chi connectivity index (χ4v) is 7.19. The summed E-state index contributed by atoms with van der Waals surface area (Å²) in [5.74, 6) is -1.25. The Balaban J connectivity index is 2.54. The van der Waals surface area contributed by atoms with E-state index in [1.165, 1.54) is 0 Å². The lowest BCUT2D eigenvalue weighted by Crippen LogP contribution is -2.64. The molecule has 0 aliphatic heterocycles. The molecule has 1 aliphatic carbocycles. The molecule has 1 aliphatic rings. The van der Waals surface area contributed by atoms with Gasteiger partial charge in [0.25, 0.3) is 0 Å². The number of ether oxygens (including phenoxy) is 2. The van der Waals surface area contributed by atoms with Crippen molar-refractivity contribution in [1.82, 2.24) is 0 Å². The van der Waals surface area contributed by atoms with E-state index in [-0.39, 0.29) is 12.8 Å². The van der Waals surface area contributed by atoms with E-state index in [1.807, 2.05) is 18.2 Å². The summed E-state index contributed by atoms with van der Waals surface area (Å²) in [6, 6.07) is 0. The molecule has 0 amide bonds. The highest BCUT2D eigenvalue weighted by Crippen LogP contribution is 2.47. The highest BCUT2D eigenvalue weighted by atomic mass is 31.2. The van der Waals surface area contributed by atoms with Crippen LogP contribution in [0, 0.1) is 0 Å². The fourth-order valence-electron chi connectivity index (χ4n) is 6.22. The van der Waals surface area contributed by atoms with Crippen LogP contribution in [0.4, 0.5) is 0 Å². The Kier molecular flexibility index (Phi) is 37.3. The van der Waals surface area contributed by atoms with Gasteiger partial charge in [0.05, 0.1) is 6.61 Å². The van der Waals surface area contributed by atoms with E-state index < -0.39 is 75.7 Å². The van der Waals surface area contributed by atoms with Crippen molar-refractivity contribution in [2.45, 2.75) is 172 Å². The van der Waals surface area contributed by atoms with Crippen LogP contribution < -0.4 is 0 Å². The Hall–Kier alpha value is -4.01.